The monoisotopic (exact) mass is 1000 g/mol. The number of nitrogens with zero attached hydrogens (tertiary/aromatic N) is 2. The lowest BCUT2D eigenvalue weighted by Gasteiger charge is -2.27. The topological polar surface area (TPSA) is 57.4 Å². The van der Waals surface area contributed by atoms with Crippen molar-refractivity contribution in [3.63, 3.8) is 0 Å². The number of aromatic nitrogens is 4. The number of nitrogens with one attached hydrogen (secondary N) is 2. The Morgan fingerprint density at radius 3 is 0.961 bits per heavy atom. The zero-order valence-electron chi connectivity index (χ0n) is 44.7. The van der Waals surface area contributed by atoms with Gasteiger partial charge in [0.2, 0.25) is 0 Å². The van der Waals surface area contributed by atoms with E-state index in [2.05, 4.69) is 272 Å². The molecule has 0 fully saturated rings. The smallest absolute Gasteiger partial charge is 0.116 e. The minimum Gasteiger partial charge on any atom is -0.354 e. The number of hydrogen-bond acceptors (Lipinski definition) is 2. The lowest BCUT2D eigenvalue weighted by Crippen LogP contribution is -2.32. The van der Waals surface area contributed by atoms with Crippen LogP contribution in [-0.4, -0.2) is 19.9 Å². The van der Waals surface area contributed by atoms with Gasteiger partial charge in [-0.15, -0.1) is 0 Å². The molecule has 0 spiro atoms. The molecule has 0 saturated carbocycles. The second-order valence-electron chi connectivity index (χ2n) is 21.3. The summed E-state index contributed by atoms with van der Waals surface area (Å²) in [6.45, 7) is 17.5. The number of benzene rings is 7. The van der Waals surface area contributed by atoms with E-state index >= 15 is 0 Å². The quantitative estimate of drug-likeness (QED) is 0.142. The van der Waals surface area contributed by atoms with Crippen LogP contribution in [0.1, 0.15) is 72.8 Å². The van der Waals surface area contributed by atoms with Gasteiger partial charge in [-0.1, -0.05) is 172 Å². The Balaban J connectivity index is 1.32. The average molecular weight is 1000 g/mol. The molecule has 0 radical (unpaired) electrons. The SMILES string of the molecule is Cc1cc(C)cc(-c2c3nc(c(-c4cc(C)cc(C)c4)c4cc(C[P+](c5ccccc5)(c5ccccc5)c5ccccc5)c([nH]4)c(-c4cc(C)cc(C)c4)c4nc(c(-c5cc(C)cc(C)c5)c5ccc2[nH]5)C=C4)C=C3)c1. The van der Waals surface area contributed by atoms with E-state index in [-0.39, 0.29) is 0 Å². The molecule has 76 heavy (non-hydrogen) atoms. The summed E-state index contributed by atoms with van der Waals surface area (Å²) in [5, 5.41) is 3.98. The zero-order valence-corrected chi connectivity index (χ0v) is 45.6. The van der Waals surface area contributed by atoms with Crippen molar-refractivity contribution >= 4 is 69.5 Å². The summed E-state index contributed by atoms with van der Waals surface area (Å²) in [6.07, 6.45) is 9.67. The Morgan fingerprint density at radius 2 is 0.618 bits per heavy atom. The van der Waals surface area contributed by atoms with Gasteiger partial charge in [0.1, 0.15) is 29.3 Å². The molecule has 5 heterocycles. The minimum absolute atomic E-state index is 0.744. The predicted octanol–water partition coefficient (Wildman–Crippen LogP) is 17.3. The molecule has 3 aromatic heterocycles. The van der Waals surface area contributed by atoms with E-state index in [1.165, 1.54) is 66.0 Å². The largest absolute Gasteiger partial charge is 0.354 e. The molecule has 0 aliphatic carbocycles. The molecule has 0 atom stereocenters. The standard InChI is InChI=1S/C71H62N4P/c1-44-30-45(2)35-52(34-44)67-60-24-25-61(72-60)68(53-36-46(3)31-47(4)37-53)63-28-29-65(74-63)70(55-40-50(7)33-51(8)41-55)71-56(42-66(75-71)69(64-27-26-62(67)73-64)54-38-48(5)32-49(6)39-54)43-76(57-18-12-9-13-19-57,58-20-14-10-15-21-58)59-22-16-11-17-23-59/h9-42,72,75H,43H2,1-8H3/q+1. The normalized spacial score (nSPS) is 12.2. The van der Waals surface area contributed by atoms with Crippen LogP contribution < -0.4 is 15.9 Å². The predicted molar refractivity (Wildman–Crippen MR) is 327 cm³/mol. The summed E-state index contributed by atoms with van der Waals surface area (Å²) < 4.78 is 0. The second-order valence-corrected chi connectivity index (χ2v) is 24.8. The van der Waals surface area contributed by atoms with Gasteiger partial charge in [-0.05, 0) is 157 Å². The summed E-state index contributed by atoms with van der Waals surface area (Å²) in [5.74, 6) is 0. The highest BCUT2D eigenvalue weighted by Crippen LogP contribution is 2.59. The Labute approximate surface area is 448 Å². The van der Waals surface area contributed by atoms with Gasteiger partial charge in [-0.3, -0.25) is 0 Å². The maximum absolute atomic E-state index is 5.83. The third kappa shape index (κ3) is 9.07. The van der Waals surface area contributed by atoms with E-state index in [9.17, 15) is 0 Å². The summed E-state index contributed by atoms with van der Waals surface area (Å²) in [7, 11) is -2.44. The minimum atomic E-state index is -2.44. The first kappa shape index (κ1) is 48.5. The van der Waals surface area contributed by atoms with Crippen LogP contribution in [0.3, 0.4) is 0 Å². The molecule has 0 saturated heterocycles. The van der Waals surface area contributed by atoms with Crippen LogP contribution in [0.15, 0.2) is 182 Å². The molecule has 2 aliphatic rings. The van der Waals surface area contributed by atoms with Crippen molar-refractivity contribution in [2.45, 2.75) is 61.6 Å². The third-order valence-corrected chi connectivity index (χ3v) is 19.3. The van der Waals surface area contributed by atoms with Crippen molar-refractivity contribution in [1.29, 1.82) is 0 Å². The molecule has 7 aromatic carbocycles. The molecular formula is C71H62N4P+. The van der Waals surface area contributed by atoms with Gasteiger partial charge in [0.15, 0.2) is 0 Å². The molecule has 2 N–H and O–H groups in total. The lowest BCUT2D eigenvalue weighted by molar-refractivity contribution is 1.30. The van der Waals surface area contributed by atoms with E-state index < -0.39 is 7.26 Å². The van der Waals surface area contributed by atoms with E-state index in [0.29, 0.717) is 0 Å². The van der Waals surface area contributed by atoms with Gasteiger partial charge < -0.3 is 9.97 Å². The van der Waals surface area contributed by atoms with Crippen LogP contribution in [0.25, 0.3) is 90.9 Å². The molecule has 0 amide bonds. The highest BCUT2D eigenvalue weighted by molar-refractivity contribution is 7.95. The van der Waals surface area contributed by atoms with Crippen molar-refractivity contribution in [2.24, 2.45) is 0 Å². The Bertz CT molecular complexity index is 3980. The van der Waals surface area contributed by atoms with E-state index in [4.69, 9.17) is 9.97 Å². The number of fused-ring (bicyclic) bond motifs is 8. The first-order chi connectivity index (χ1) is 36.9. The Hall–Kier alpha value is -8.43. The maximum atomic E-state index is 5.83. The van der Waals surface area contributed by atoms with Crippen molar-refractivity contribution in [3.05, 3.63) is 255 Å². The highest BCUT2D eigenvalue weighted by atomic mass is 31.2. The summed E-state index contributed by atoms with van der Waals surface area (Å²) >= 11 is 0. The zero-order chi connectivity index (χ0) is 52.2. The van der Waals surface area contributed by atoms with Crippen LogP contribution in [0, 0.1) is 55.4 Å². The summed E-state index contributed by atoms with van der Waals surface area (Å²) in [4.78, 5) is 19.9. The van der Waals surface area contributed by atoms with E-state index in [0.717, 1.165) is 95.5 Å². The number of rotatable bonds is 9. The van der Waals surface area contributed by atoms with Crippen molar-refractivity contribution < 1.29 is 0 Å². The molecule has 8 bridgehead atoms. The molecule has 10 aromatic rings. The molecule has 5 heteroatoms. The number of H-pyrrole nitrogens is 2. The van der Waals surface area contributed by atoms with Crippen molar-refractivity contribution in [3.8, 4) is 44.5 Å². The van der Waals surface area contributed by atoms with Gasteiger partial charge in [0.25, 0.3) is 0 Å². The van der Waals surface area contributed by atoms with Gasteiger partial charge in [-0.2, -0.15) is 0 Å². The Kier molecular flexibility index (Phi) is 12.6. The van der Waals surface area contributed by atoms with Gasteiger partial charge in [0.05, 0.1) is 28.3 Å². The lowest BCUT2D eigenvalue weighted by atomic mass is 9.98. The average Bonchev–Trinajstić information content (AvgIpc) is 4.29. The summed E-state index contributed by atoms with van der Waals surface area (Å²) in [6, 6.07) is 68.2. The fraction of sp³-hybridized carbons (Fsp3) is 0.127. The summed E-state index contributed by atoms with van der Waals surface area (Å²) in [5.41, 5.74) is 27.1. The second kappa shape index (κ2) is 19.7. The fourth-order valence-electron chi connectivity index (χ4n) is 12.2. The van der Waals surface area contributed by atoms with Crippen LogP contribution in [0.4, 0.5) is 0 Å². The van der Waals surface area contributed by atoms with Gasteiger partial charge in [-0.25, -0.2) is 9.97 Å². The van der Waals surface area contributed by atoms with Crippen LogP contribution in [0.2, 0.25) is 0 Å². The highest BCUT2D eigenvalue weighted by Gasteiger charge is 2.46. The molecule has 4 nitrogen and oxygen atoms in total. The third-order valence-electron chi connectivity index (χ3n) is 15.0. The molecule has 0 unspecified atom stereocenters. The van der Waals surface area contributed by atoms with Crippen LogP contribution >= 0.6 is 7.26 Å². The molecule has 2 aliphatic heterocycles. The Morgan fingerprint density at radius 1 is 0.316 bits per heavy atom. The number of hydrogen-bond donors (Lipinski definition) is 2. The van der Waals surface area contributed by atoms with Crippen LogP contribution in [-0.2, 0) is 6.16 Å². The van der Waals surface area contributed by atoms with E-state index in [1.54, 1.807) is 0 Å². The number of aromatic amines is 2. The van der Waals surface area contributed by atoms with Gasteiger partial charge in [0, 0.05) is 44.4 Å². The number of aryl methyl sites for hydroxylation is 8. The molecular weight excluding hydrogens is 940 g/mol. The molecule has 370 valence electrons. The van der Waals surface area contributed by atoms with Crippen LogP contribution in [0.5, 0.6) is 0 Å². The maximum Gasteiger partial charge on any atom is 0.116 e. The van der Waals surface area contributed by atoms with E-state index in [1.807, 2.05) is 0 Å². The first-order valence-electron chi connectivity index (χ1n) is 26.5. The first-order valence-corrected chi connectivity index (χ1v) is 28.4. The van der Waals surface area contributed by atoms with Gasteiger partial charge >= 0.3 is 0 Å². The van der Waals surface area contributed by atoms with Crippen molar-refractivity contribution in [1.82, 2.24) is 19.9 Å². The fourth-order valence-corrected chi connectivity index (χ4v) is 16.4. The molecule has 12 rings (SSSR count). The van der Waals surface area contributed by atoms with Crippen molar-refractivity contribution in [2.75, 3.05) is 0 Å².